The molecule has 1 aliphatic heterocycles. The number of benzene rings is 1. The molecule has 1 aromatic heterocycles. The fraction of sp³-hybridized carbons (Fsp3) is 0.400. The second-order valence-electron chi connectivity index (χ2n) is 6.82. The molecule has 0 saturated carbocycles. The minimum absolute atomic E-state index is 0.0246. The summed E-state index contributed by atoms with van der Waals surface area (Å²) in [6, 6.07) is 10.8. The Morgan fingerprint density at radius 3 is 2.50 bits per heavy atom. The van der Waals surface area contributed by atoms with Crippen molar-refractivity contribution in [1.82, 2.24) is 9.88 Å². The number of carbonyl (C=O) groups excluding carboxylic acids is 1. The molecule has 0 aliphatic carbocycles. The molecule has 1 fully saturated rings. The Morgan fingerprint density at radius 2 is 1.85 bits per heavy atom. The fourth-order valence-corrected chi connectivity index (χ4v) is 3.18. The molecule has 6 heteroatoms. The van der Waals surface area contributed by atoms with Gasteiger partial charge in [-0.05, 0) is 57.2 Å². The molecule has 2 aromatic rings. The van der Waals surface area contributed by atoms with Gasteiger partial charge < -0.3 is 20.1 Å². The third-order valence-corrected chi connectivity index (χ3v) is 4.39. The van der Waals surface area contributed by atoms with Gasteiger partial charge >= 0.3 is 0 Å². The van der Waals surface area contributed by atoms with E-state index in [0.29, 0.717) is 30.9 Å². The maximum absolute atomic E-state index is 12.7. The molecule has 0 radical (unpaired) electrons. The summed E-state index contributed by atoms with van der Waals surface area (Å²) in [6.45, 7) is 7.49. The number of aromatic nitrogens is 1. The zero-order chi connectivity index (χ0) is 18.7. The van der Waals surface area contributed by atoms with Crippen molar-refractivity contribution in [2.75, 3.05) is 18.4 Å². The third-order valence-electron chi connectivity index (χ3n) is 4.39. The maximum Gasteiger partial charge on any atom is 0.254 e. The van der Waals surface area contributed by atoms with E-state index < -0.39 is 0 Å². The second-order valence-corrected chi connectivity index (χ2v) is 6.82. The lowest BCUT2D eigenvalue weighted by Crippen LogP contribution is -2.48. The molecule has 1 aliphatic rings. The number of morpholine rings is 1. The molecule has 138 valence electrons. The summed E-state index contributed by atoms with van der Waals surface area (Å²) < 4.78 is 5.68. The number of amides is 1. The Hall–Kier alpha value is -2.60. The number of aryl methyl sites for hydroxylation is 1. The molecular formula is C20H25N3O3. The molecule has 0 spiro atoms. The number of rotatable bonds is 4. The van der Waals surface area contributed by atoms with Crippen LogP contribution in [0.1, 0.15) is 35.6 Å². The highest BCUT2D eigenvalue weighted by atomic mass is 16.5. The van der Waals surface area contributed by atoms with Crippen LogP contribution in [0.25, 0.3) is 0 Å². The maximum atomic E-state index is 12.7. The highest BCUT2D eigenvalue weighted by molar-refractivity contribution is 5.94. The van der Waals surface area contributed by atoms with Crippen molar-refractivity contribution in [3.63, 3.8) is 0 Å². The molecule has 2 N–H and O–H groups in total. The summed E-state index contributed by atoms with van der Waals surface area (Å²) in [4.78, 5) is 18.8. The first-order chi connectivity index (χ1) is 12.4. The first kappa shape index (κ1) is 18.2. The van der Waals surface area contributed by atoms with Gasteiger partial charge in [-0.3, -0.25) is 9.78 Å². The van der Waals surface area contributed by atoms with Crippen molar-refractivity contribution < 1.29 is 14.6 Å². The van der Waals surface area contributed by atoms with Crippen LogP contribution in [-0.4, -0.2) is 46.2 Å². The van der Waals surface area contributed by atoms with Crippen LogP contribution < -0.4 is 5.32 Å². The van der Waals surface area contributed by atoms with Gasteiger partial charge in [-0.2, -0.15) is 0 Å². The van der Waals surface area contributed by atoms with Crippen molar-refractivity contribution in [2.45, 2.75) is 39.5 Å². The van der Waals surface area contributed by atoms with E-state index in [1.807, 2.05) is 49.9 Å². The summed E-state index contributed by atoms with van der Waals surface area (Å²) in [6.07, 6.45) is 0.108. The average Bonchev–Trinajstić information content (AvgIpc) is 2.61. The van der Waals surface area contributed by atoms with Crippen LogP contribution in [0.2, 0.25) is 0 Å². The fourth-order valence-electron chi connectivity index (χ4n) is 3.18. The van der Waals surface area contributed by atoms with Crippen molar-refractivity contribution in [3.8, 4) is 5.75 Å². The van der Waals surface area contributed by atoms with Gasteiger partial charge in [0, 0.05) is 30.0 Å². The van der Waals surface area contributed by atoms with Crippen LogP contribution in [0.4, 0.5) is 5.69 Å². The van der Waals surface area contributed by atoms with E-state index in [1.165, 1.54) is 0 Å². The van der Waals surface area contributed by atoms with E-state index in [0.717, 1.165) is 11.4 Å². The first-order valence-corrected chi connectivity index (χ1v) is 8.86. The summed E-state index contributed by atoms with van der Waals surface area (Å²) in [5.74, 6) is 0.196. The Balaban J connectivity index is 1.63. The van der Waals surface area contributed by atoms with E-state index in [-0.39, 0.29) is 23.9 Å². The molecular weight excluding hydrogens is 330 g/mol. The molecule has 1 saturated heterocycles. The van der Waals surface area contributed by atoms with Crippen LogP contribution in [0, 0.1) is 6.92 Å². The number of nitrogens with one attached hydrogen (secondary N) is 1. The van der Waals surface area contributed by atoms with Gasteiger partial charge in [-0.1, -0.05) is 0 Å². The molecule has 1 aromatic carbocycles. The van der Waals surface area contributed by atoms with Gasteiger partial charge in [0.2, 0.25) is 0 Å². The van der Waals surface area contributed by atoms with Gasteiger partial charge in [0.15, 0.2) is 0 Å². The second kappa shape index (κ2) is 7.74. The first-order valence-electron chi connectivity index (χ1n) is 8.86. The summed E-state index contributed by atoms with van der Waals surface area (Å²) in [7, 11) is 0. The Kier molecular flexibility index (Phi) is 5.42. The molecule has 1 amide bonds. The highest BCUT2D eigenvalue weighted by Crippen LogP contribution is 2.19. The predicted molar refractivity (Wildman–Crippen MR) is 100 cm³/mol. The molecule has 26 heavy (non-hydrogen) atoms. The number of ether oxygens (including phenoxy) is 1. The van der Waals surface area contributed by atoms with Crippen LogP contribution >= 0.6 is 0 Å². The predicted octanol–water partition coefficient (Wildman–Crippen LogP) is 2.96. The van der Waals surface area contributed by atoms with Crippen molar-refractivity contribution in [3.05, 3.63) is 53.3 Å². The third kappa shape index (κ3) is 4.32. The molecule has 3 rings (SSSR count). The number of hydrogen-bond acceptors (Lipinski definition) is 5. The summed E-state index contributed by atoms with van der Waals surface area (Å²) >= 11 is 0. The van der Waals surface area contributed by atoms with Crippen molar-refractivity contribution in [1.29, 1.82) is 0 Å². The number of anilines is 1. The minimum Gasteiger partial charge on any atom is -0.506 e. The van der Waals surface area contributed by atoms with Crippen LogP contribution in [0.15, 0.2) is 36.4 Å². The van der Waals surface area contributed by atoms with E-state index in [4.69, 9.17) is 4.74 Å². The van der Waals surface area contributed by atoms with Gasteiger partial charge in [-0.25, -0.2) is 0 Å². The minimum atomic E-state index is 0.0246. The smallest absolute Gasteiger partial charge is 0.254 e. The van der Waals surface area contributed by atoms with Crippen LogP contribution in [0.3, 0.4) is 0 Å². The molecule has 2 atom stereocenters. The lowest BCUT2D eigenvalue weighted by atomic mass is 10.1. The lowest BCUT2D eigenvalue weighted by molar-refractivity contribution is -0.0586. The molecule has 6 nitrogen and oxygen atoms in total. The van der Waals surface area contributed by atoms with Gasteiger partial charge in [-0.15, -0.1) is 0 Å². The summed E-state index contributed by atoms with van der Waals surface area (Å²) in [5.41, 5.74) is 2.98. The van der Waals surface area contributed by atoms with Crippen LogP contribution in [-0.2, 0) is 11.3 Å². The molecule has 2 heterocycles. The zero-order valence-electron chi connectivity index (χ0n) is 15.4. The standard InChI is InChI=1S/C20H25N3O3/c1-13-4-9-19(24)18(22-13)10-21-17-7-5-16(6-8-17)20(25)23-11-14(2)26-15(3)12-23/h4-9,14-15,21,24H,10-12H2,1-3H3. The van der Waals surface area contributed by atoms with Gasteiger partial charge in [0.1, 0.15) is 11.4 Å². The molecule has 0 bridgehead atoms. The van der Waals surface area contributed by atoms with E-state index >= 15 is 0 Å². The Bertz CT molecular complexity index is 766. The van der Waals surface area contributed by atoms with Gasteiger partial charge in [0.25, 0.3) is 5.91 Å². The number of nitrogens with zero attached hydrogens (tertiary/aromatic N) is 2. The Labute approximate surface area is 153 Å². The number of hydrogen-bond donors (Lipinski definition) is 2. The van der Waals surface area contributed by atoms with Crippen LogP contribution in [0.5, 0.6) is 5.75 Å². The highest BCUT2D eigenvalue weighted by Gasteiger charge is 2.26. The summed E-state index contributed by atoms with van der Waals surface area (Å²) in [5, 5.41) is 13.1. The van der Waals surface area contributed by atoms with E-state index in [2.05, 4.69) is 10.3 Å². The lowest BCUT2D eigenvalue weighted by Gasteiger charge is -2.35. The number of carbonyl (C=O) groups is 1. The quantitative estimate of drug-likeness (QED) is 0.882. The SMILES string of the molecule is Cc1ccc(O)c(CNc2ccc(C(=O)N3CC(C)OC(C)C3)cc2)n1. The zero-order valence-corrected chi connectivity index (χ0v) is 15.4. The van der Waals surface area contributed by atoms with E-state index in [1.54, 1.807) is 12.1 Å². The Morgan fingerprint density at radius 1 is 1.19 bits per heavy atom. The largest absolute Gasteiger partial charge is 0.506 e. The number of aromatic hydroxyl groups is 1. The van der Waals surface area contributed by atoms with Crippen molar-refractivity contribution in [2.24, 2.45) is 0 Å². The molecule has 2 unspecified atom stereocenters. The van der Waals surface area contributed by atoms with Crippen molar-refractivity contribution >= 4 is 11.6 Å². The average molecular weight is 355 g/mol. The number of pyridine rings is 1. The normalized spacial score (nSPS) is 20.0. The van der Waals surface area contributed by atoms with Gasteiger partial charge in [0.05, 0.1) is 18.8 Å². The van der Waals surface area contributed by atoms with E-state index in [9.17, 15) is 9.90 Å². The topological polar surface area (TPSA) is 74.7 Å². The monoisotopic (exact) mass is 355 g/mol.